The normalized spacial score (nSPS) is 23.9. The minimum atomic E-state index is -0.0626. The van der Waals surface area contributed by atoms with Gasteiger partial charge in [-0.1, -0.05) is 30.3 Å². The van der Waals surface area contributed by atoms with Crippen LogP contribution in [0.25, 0.3) is 0 Å². The fourth-order valence-corrected chi connectivity index (χ4v) is 2.22. The number of carbonyl (C=O) groups excluding carboxylic acids is 1. The lowest BCUT2D eigenvalue weighted by Gasteiger charge is -2.26. The Hall–Kier alpha value is -1.31. The number of nitrogens with one attached hydrogen (secondary N) is 1. The first kappa shape index (κ1) is 10.2. The van der Waals surface area contributed by atoms with Gasteiger partial charge in [-0.15, -0.1) is 0 Å². The maximum absolute atomic E-state index is 11.3. The Morgan fingerprint density at radius 1 is 1.33 bits per heavy atom. The summed E-state index contributed by atoms with van der Waals surface area (Å²) in [6.45, 7) is 4.21. The van der Waals surface area contributed by atoms with Crippen molar-refractivity contribution in [1.29, 1.82) is 0 Å². The molecule has 1 atom stereocenters. The van der Waals surface area contributed by atoms with Gasteiger partial charge < -0.3 is 5.32 Å². The number of hydrogen-bond donors (Lipinski definition) is 1. The summed E-state index contributed by atoms with van der Waals surface area (Å²) in [4.78, 5) is 11.3. The molecule has 1 aliphatic rings. The van der Waals surface area contributed by atoms with E-state index in [1.165, 1.54) is 5.56 Å². The number of rotatable bonds is 2. The van der Waals surface area contributed by atoms with Crippen LogP contribution in [0.2, 0.25) is 0 Å². The van der Waals surface area contributed by atoms with Gasteiger partial charge in [-0.3, -0.25) is 4.79 Å². The van der Waals surface area contributed by atoms with E-state index in [1.807, 2.05) is 18.2 Å². The molecule has 2 nitrogen and oxygen atoms in total. The number of benzene rings is 1. The van der Waals surface area contributed by atoms with Gasteiger partial charge in [0, 0.05) is 12.0 Å². The zero-order valence-electron chi connectivity index (χ0n) is 9.29. The molecule has 1 heterocycles. The van der Waals surface area contributed by atoms with Crippen LogP contribution in [0.3, 0.4) is 0 Å². The molecule has 1 aromatic rings. The number of carbonyl (C=O) groups is 1. The lowest BCUT2D eigenvalue weighted by atomic mass is 9.84. The fraction of sp³-hybridized carbons (Fsp3) is 0.462. The summed E-state index contributed by atoms with van der Waals surface area (Å²) in [7, 11) is 0. The zero-order valence-corrected chi connectivity index (χ0v) is 9.29. The summed E-state index contributed by atoms with van der Waals surface area (Å²) in [5, 5.41) is 3.02. The van der Waals surface area contributed by atoms with Crippen molar-refractivity contribution in [3.05, 3.63) is 35.9 Å². The molecule has 15 heavy (non-hydrogen) atoms. The quantitative estimate of drug-likeness (QED) is 0.784. The van der Waals surface area contributed by atoms with Gasteiger partial charge in [-0.05, 0) is 31.7 Å². The summed E-state index contributed by atoms with van der Waals surface area (Å²) in [5.74, 6) is 0.591. The molecule has 0 bridgehead atoms. The summed E-state index contributed by atoms with van der Waals surface area (Å²) in [5.41, 5.74) is 1.25. The monoisotopic (exact) mass is 203 g/mol. The van der Waals surface area contributed by atoms with Crippen LogP contribution < -0.4 is 5.32 Å². The van der Waals surface area contributed by atoms with Crippen LogP contribution in [0.1, 0.15) is 25.8 Å². The molecule has 1 amide bonds. The maximum Gasteiger partial charge on any atom is 0.220 e. The van der Waals surface area contributed by atoms with Crippen molar-refractivity contribution in [1.82, 2.24) is 5.32 Å². The molecule has 80 valence electrons. The Kier molecular flexibility index (Phi) is 2.51. The van der Waals surface area contributed by atoms with Crippen LogP contribution in [0.5, 0.6) is 0 Å². The third-order valence-electron chi connectivity index (χ3n) is 3.24. The predicted molar refractivity (Wildman–Crippen MR) is 60.5 cm³/mol. The van der Waals surface area contributed by atoms with Crippen molar-refractivity contribution in [3.63, 3.8) is 0 Å². The second-order valence-electron chi connectivity index (χ2n) is 4.86. The first-order chi connectivity index (χ1) is 7.08. The van der Waals surface area contributed by atoms with E-state index in [2.05, 4.69) is 31.3 Å². The topological polar surface area (TPSA) is 29.1 Å². The lowest BCUT2D eigenvalue weighted by molar-refractivity contribution is -0.119. The van der Waals surface area contributed by atoms with E-state index in [9.17, 15) is 4.79 Å². The molecule has 1 aromatic carbocycles. The molecular formula is C13H17NO. The molecule has 1 saturated heterocycles. The molecule has 1 fully saturated rings. The lowest BCUT2D eigenvalue weighted by Crippen LogP contribution is -2.40. The summed E-state index contributed by atoms with van der Waals surface area (Å²) < 4.78 is 0. The van der Waals surface area contributed by atoms with Gasteiger partial charge in [0.05, 0.1) is 0 Å². The first-order valence-electron chi connectivity index (χ1n) is 5.43. The van der Waals surface area contributed by atoms with Gasteiger partial charge in [0.2, 0.25) is 5.91 Å². The molecule has 0 saturated carbocycles. The Balaban J connectivity index is 2.10. The van der Waals surface area contributed by atoms with Crippen molar-refractivity contribution in [2.75, 3.05) is 0 Å². The molecule has 0 spiro atoms. The standard InChI is InChI=1S/C13H17NO/c1-13(2)11(9-12(15)14-13)8-10-6-4-3-5-7-10/h3-7,11H,8-9H2,1-2H3,(H,14,15). The van der Waals surface area contributed by atoms with Gasteiger partial charge in [0.15, 0.2) is 0 Å². The Morgan fingerprint density at radius 2 is 2.00 bits per heavy atom. The van der Waals surface area contributed by atoms with Gasteiger partial charge in [-0.25, -0.2) is 0 Å². The SMILES string of the molecule is CC1(C)NC(=O)CC1Cc1ccccc1. The smallest absolute Gasteiger partial charge is 0.220 e. The van der Waals surface area contributed by atoms with Crippen molar-refractivity contribution >= 4 is 5.91 Å². The van der Waals surface area contributed by atoms with E-state index >= 15 is 0 Å². The van der Waals surface area contributed by atoms with Gasteiger partial charge in [0.1, 0.15) is 0 Å². The third kappa shape index (κ3) is 2.20. The molecule has 0 aromatic heterocycles. The molecule has 0 aliphatic carbocycles. The van der Waals surface area contributed by atoms with Crippen LogP contribution in [-0.2, 0) is 11.2 Å². The van der Waals surface area contributed by atoms with Crippen LogP contribution in [-0.4, -0.2) is 11.4 Å². The van der Waals surface area contributed by atoms with Crippen molar-refractivity contribution in [3.8, 4) is 0 Å². The highest BCUT2D eigenvalue weighted by atomic mass is 16.2. The first-order valence-corrected chi connectivity index (χ1v) is 5.43. The zero-order chi connectivity index (χ0) is 10.9. The van der Waals surface area contributed by atoms with Crippen LogP contribution >= 0.6 is 0 Å². The van der Waals surface area contributed by atoms with E-state index in [0.29, 0.717) is 12.3 Å². The van der Waals surface area contributed by atoms with E-state index in [0.717, 1.165) is 6.42 Å². The van der Waals surface area contributed by atoms with Crippen LogP contribution in [0, 0.1) is 5.92 Å². The Labute approximate surface area is 90.7 Å². The molecular weight excluding hydrogens is 186 g/mol. The highest BCUT2D eigenvalue weighted by molar-refractivity contribution is 5.79. The van der Waals surface area contributed by atoms with Gasteiger partial charge >= 0.3 is 0 Å². The van der Waals surface area contributed by atoms with E-state index < -0.39 is 0 Å². The van der Waals surface area contributed by atoms with Gasteiger partial charge in [-0.2, -0.15) is 0 Å². The summed E-state index contributed by atoms with van der Waals surface area (Å²) >= 11 is 0. The molecule has 0 radical (unpaired) electrons. The minimum absolute atomic E-state index is 0.0626. The molecule has 2 heteroatoms. The van der Waals surface area contributed by atoms with Crippen LogP contribution in [0.15, 0.2) is 30.3 Å². The Bertz CT molecular complexity index is 356. The largest absolute Gasteiger partial charge is 0.351 e. The van der Waals surface area contributed by atoms with Crippen molar-refractivity contribution in [2.45, 2.75) is 32.2 Å². The van der Waals surface area contributed by atoms with Gasteiger partial charge in [0.25, 0.3) is 0 Å². The highest BCUT2D eigenvalue weighted by Gasteiger charge is 2.38. The maximum atomic E-state index is 11.3. The van der Waals surface area contributed by atoms with Crippen molar-refractivity contribution < 1.29 is 4.79 Å². The average Bonchev–Trinajstić information content (AvgIpc) is 2.41. The number of hydrogen-bond acceptors (Lipinski definition) is 1. The van der Waals surface area contributed by atoms with Crippen molar-refractivity contribution in [2.24, 2.45) is 5.92 Å². The minimum Gasteiger partial charge on any atom is -0.351 e. The second kappa shape index (κ2) is 3.69. The van der Waals surface area contributed by atoms with E-state index in [1.54, 1.807) is 0 Å². The van der Waals surface area contributed by atoms with E-state index in [-0.39, 0.29) is 11.4 Å². The van der Waals surface area contributed by atoms with Crippen LogP contribution in [0.4, 0.5) is 0 Å². The Morgan fingerprint density at radius 3 is 2.53 bits per heavy atom. The molecule has 1 unspecified atom stereocenters. The average molecular weight is 203 g/mol. The second-order valence-corrected chi connectivity index (χ2v) is 4.86. The molecule has 1 N–H and O–H groups in total. The van der Waals surface area contributed by atoms with E-state index in [4.69, 9.17) is 0 Å². The molecule has 1 aliphatic heterocycles. The molecule has 2 rings (SSSR count). The number of amides is 1. The summed E-state index contributed by atoms with van der Waals surface area (Å²) in [6, 6.07) is 10.4. The third-order valence-corrected chi connectivity index (χ3v) is 3.24. The summed E-state index contributed by atoms with van der Waals surface area (Å²) in [6.07, 6.45) is 1.63. The predicted octanol–water partition coefficient (Wildman–Crippen LogP) is 2.14. The highest BCUT2D eigenvalue weighted by Crippen LogP contribution is 2.29. The fourth-order valence-electron chi connectivity index (χ4n) is 2.22.